The molecule has 1 heterocycles. The molecule has 0 unspecified atom stereocenters. The fourth-order valence-corrected chi connectivity index (χ4v) is 4.26. The summed E-state index contributed by atoms with van der Waals surface area (Å²) >= 11 is 0. The average molecular weight is 324 g/mol. The van der Waals surface area contributed by atoms with Crippen molar-refractivity contribution in [1.29, 1.82) is 0 Å². The van der Waals surface area contributed by atoms with Crippen LogP contribution in [0, 0.1) is 6.92 Å². The highest BCUT2D eigenvalue weighted by Crippen LogP contribution is 2.24. The molecule has 2 rings (SSSR count). The topological polar surface area (TPSA) is 66.5 Å². The third-order valence-electron chi connectivity index (χ3n) is 4.12. The number of benzene rings is 1. The van der Waals surface area contributed by atoms with Gasteiger partial charge in [0.1, 0.15) is 0 Å². The van der Waals surface area contributed by atoms with Crippen LogP contribution in [0.3, 0.4) is 0 Å². The highest BCUT2D eigenvalue weighted by Gasteiger charge is 2.29. The van der Waals surface area contributed by atoms with Gasteiger partial charge >= 0.3 is 0 Å². The van der Waals surface area contributed by atoms with Gasteiger partial charge in [0.15, 0.2) is 0 Å². The van der Waals surface area contributed by atoms with E-state index in [-0.39, 0.29) is 16.8 Å². The van der Waals surface area contributed by atoms with Gasteiger partial charge in [-0.2, -0.15) is 4.31 Å². The first-order valence-corrected chi connectivity index (χ1v) is 9.22. The van der Waals surface area contributed by atoms with Crippen molar-refractivity contribution in [2.45, 2.75) is 51.0 Å². The second-order valence-corrected chi connectivity index (χ2v) is 7.78. The number of nitrogens with zero attached hydrogens (tertiary/aromatic N) is 1. The van der Waals surface area contributed by atoms with Gasteiger partial charge in [0.25, 0.3) is 5.91 Å². The number of carbonyl (C=O) groups excluding carboxylic acids is 1. The second-order valence-electron chi connectivity index (χ2n) is 5.87. The summed E-state index contributed by atoms with van der Waals surface area (Å²) in [6.07, 6.45) is 2.62. The summed E-state index contributed by atoms with van der Waals surface area (Å²) in [7, 11) is -3.51. The summed E-state index contributed by atoms with van der Waals surface area (Å²) in [6.45, 7) is 6.80. The molecule has 122 valence electrons. The maximum absolute atomic E-state index is 12.7. The Morgan fingerprint density at radius 2 is 1.95 bits per heavy atom. The maximum atomic E-state index is 12.7. The minimum absolute atomic E-state index is 0.0624. The molecule has 0 radical (unpaired) electrons. The number of rotatable bonds is 5. The van der Waals surface area contributed by atoms with Crippen LogP contribution in [0.2, 0.25) is 0 Å². The monoisotopic (exact) mass is 324 g/mol. The predicted molar refractivity (Wildman–Crippen MR) is 86.4 cm³/mol. The number of hydrogen-bond donors (Lipinski definition) is 1. The molecule has 1 fully saturated rings. The van der Waals surface area contributed by atoms with Crippen molar-refractivity contribution < 1.29 is 13.2 Å². The minimum Gasteiger partial charge on any atom is -0.350 e. The summed E-state index contributed by atoms with van der Waals surface area (Å²) in [5.41, 5.74) is 1.07. The average Bonchev–Trinajstić information content (AvgIpc) is 3.02. The Morgan fingerprint density at radius 1 is 1.32 bits per heavy atom. The lowest BCUT2D eigenvalue weighted by Crippen LogP contribution is -2.32. The van der Waals surface area contributed by atoms with Crippen molar-refractivity contribution in [2.75, 3.05) is 13.1 Å². The Hall–Kier alpha value is -1.40. The van der Waals surface area contributed by atoms with Crippen molar-refractivity contribution in [3.63, 3.8) is 0 Å². The molecular weight excluding hydrogens is 300 g/mol. The van der Waals surface area contributed by atoms with Gasteiger partial charge in [-0.1, -0.05) is 13.0 Å². The van der Waals surface area contributed by atoms with E-state index >= 15 is 0 Å². The molecule has 0 spiro atoms. The van der Waals surface area contributed by atoms with E-state index in [2.05, 4.69) is 5.32 Å². The lowest BCUT2D eigenvalue weighted by atomic mass is 10.1. The lowest BCUT2D eigenvalue weighted by molar-refractivity contribution is 0.0939. The van der Waals surface area contributed by atoms with E-state index < -0.39 is 10.0 Å². The molecule has 6 heteroatoms. The molecule has 1 aromatic rings. The van der Waals surface area contributed by atoms with E-state index in [0.29, 0.717) is 24.2 Å². The molecule has 1 amide bonds. The van der Waals surface area contributed by atoms with Crippen molar-refractivity contribution in [2.24, 2.45) is 0 Å². The Kier molecular flexibility index (Phi) is 5.24. The molecule has 1 N–H and O–H groups in total. The van der Waals surface area contributed by atoms with E-state index in [4.69, 9.17) is 0 Å². The van der Waals surface area contributed by atoms with Gasteiger partial charge in [-0.3, -0.25) is 4.79 Å². The number of amides is 1. The number of nitrogens with one attached hydrogen (secondary N) is 1. The first kappa shape index (κ1) is 17.0. The number of carbonyl (C=O) groups is 1. The smallest absolute Gasteiger partial charge is 0.251 e. The predicted octanol–water partition coefficient (Wildman–Crippen LogP) is 2.31. The van der Waals surface area contributed by atoms with Gasteiger partial charge in [0.2, 0.25) is 10.0 Å². The highest BCUT2D eigenvalue weighted by atomic mass is 32.2. The lowest BCUT2D eigenvalue weighted by Gasteiger charge is -2.18. The van der Waals surface area contributed by atoms with Crippen LogP contribution < -0.4 is 5.32 Å². The van der Waals surface area contributed by atoms with Gasteiger partial charge in [-0.15, -0.1) is 0 Å². The van der Waals surface area contributed by atoms with E-state index in [0.717, 1.165) is 19.3 Å². The number of sulfonamides is 1. The van der Waals surface area contributed by atoms with Crippen LogP contribution in [0.25, 0.3) is 0 Å². The Labute approximate surface area is 132 Å². The van der Waals surface area contributed by atoms with Crippen LogP contribution in [0.5, 0.6) is 0 Å². The largest absolute Gasteiger partial charge is 0.350 e. The van der Waals surface area contributed by atoms with E-state index in [1.807, 2.05) is 13.8 Å². The van der Waals surface area contributed by atoms with Crippen molar-refractivity contribution in [3.05, 3.63) is 29.3 Å². The van der Waals surface area contributed by atoms with Gasteiger partial charge in [-0.05, 0) is 50.8 Å². The van der Waals surface area contributed by atoms with E-state index in [9.17, 15) is 13.2 Å². The molecular formula is C16H24N2O3S. The van der Waals surface area contributed by atoms with Crippen LogP contribution in [-0.2, 0) is 10.0 Å². The Morgan fingerprint density at radius 3 is 2.55 bits per heavy atom. The zero-order valence-corrected chi connectivity index (χ0v) is 14.2. The van der Waals surface area contributed by atoms with E-state index in [1.54, 1.807) is 19.1 Å². The van der Waals surface area contributed by atoms with Crippen LogP contribution in [0.15, 0.2) is 23.1 Å². The zero-order chi connectivity index (χ0) is 16.3. The number of hydrogen-bond acceptors (Lipinski definition) is 3. The summed E-state index contributed by atoms with van der Waals surface area (Å²) in [5.74, 6) is -0.229. The Balaban J connectivity index is 2.32. The molecule has 1 aliphatic rings. The molecule has 1 atom stereocenters. The molecule has 0 aliphatic carbocycles. The van der Waals surface area contributed by atoms with Gasteiger partial charge in [0, 0.05) is 24.7 Å². The fourth-order valence-electron chi connectivity index (χ4n) is 2.50. The third-order valence-corrected chi connectivity index (χ3v) is 6.16. The first-order chi connectivity index (χ1) is 10.4. The Bertz CT molecular complexity index is 649. The zero-order valence-electron chi connectivity index (χ0n) is 13.4. The second kappa shape index (κ2) is 6.79. The molecule has 0 saturated carbocycles. The summed E-state index contributed by atoms with van der Waals surface area (Å²) in [6, 6.07) is 4.94. The molecule has 5 nitrogen and oxygen atoms in total. The SMILES string of the molecule is CC[C@@H](C)NC(=O)c1ccc(C)c(S(=O)(=O)N2CCCC2)c1. The fraction of sp³-hybridized carbons (Fsp3) is 0.562. The molecule has 0 bridgehead atoms. The molecule has 1 aromatic carbocycles. The van der Waals surface area contributed by atoms with E-state index in [1.165, 1.54) is 10.4 Å². The van der Waals surface area contributed by atoms with Crippen LogP contribution in [0.1, 0.15) is 49.0 Å². The van der Waals surface area contributed by atoms with Gasteiger partial charge < -0.3 is 5.32 Å². The number of aryl methyl sites for hydroxylation is 1. The van der Waals surface area contributed by atoms with Crippen LogP contribution >= 0.6 is 0 Å². The third kappa shape index (κ3) is 3.50. The van der Waals surface area contributed by atoms with Gasteiger partial charge in [0.05, 0.1) is 4.90 Å². The molecule has 1 aliphatic heterocycles. The standard InChI is InChI=1S/C16H24N2O3S/c1-4-13(3)17-16(19)14-8-7-12(2)15(11-14)22(20,21)18-9-5-6-10-18/h7-8,11,13H,4-6,9-10H2,1-3H3,(H,17,19)/t13-/m1/s1. The highest BCUT2D eigenvalue weighted by molar-refractivity contribution is 7.89. The first-order valence-electron chi connectivity index (χ1n) is 7.78. The summed E-state index contributed by atoms with van der Waals surface area (Å²) < 4.78 is 26.9. The van der Waals surface area contributed by atoms with Crippen molar-refractivity contribution in [3.8, 4) is 0 Å². The minimum atomic E-state index is -3.51. The van der Waals surface area contributed by atoms with Gasteiger partial charge in [-0.25, -0.2) is 8.42 Å². The summed E-state index contributed by atoms with van der Waals surface area (Å²) in [5, 5.41) is 2.87. The van der Waals surface area contributed by atoms with Crippen LogP contribution in [0.4, 0.5) is 0 Å². The maximum Gasteiger partial charge on any atom is 0.251 e. The summed E-state index contributed by atoms with van der Waals surface area (Å²) in [4.78, 5) is 12.4. The molecule has 0 aromatic heterocycles. The quantitative estimate of drug-likeness (QED) is 0.904. The van der Waals surface area contributed by atoms with Crippen molar-refractivity contribution in [1.82, 2.24) is 9.62 Å². The molecule has 22 heavy (non-hydrogen) atoms. The van der Waals surface area contributed by atoms with Crippen molar-refractivity contribution >= 4 is 15.9 Å². The van der Waals surface area contributed by atoms with Crippen LogP contribution in [-0.4, -0.2) is 37.8 Å². The molecule has 1 saturated heterocycles. The normalized spacial score (nSPS) is 17.4.